The van der Waals surface area contributed by atoms with Crippen LogP contribution in [0.3, 0.4) is 0 Å². The van der Waals surface area contributed by atoms with Crippen LogP contribution in [-0.4, -0.2) is 31.6 Å². The molecule has 0 bridgehead atoms. The van der Waals surface area contributed by atoms with Crippen molar-refractivity contribution >= 4 is 41.2 Å². The molecule has 3 rings (SSSR count). The Labute approximate surface area is 178 Å². The summed E-state index contributed by atoms with van der Waals surface area (Å²) < 4.78 is 10.8. The molecule has 4 amide bonds. The van der Waals surface area contributed by atoms with Crippen molar-refractivity contribution in [1.29, 1.82) is 0 Å². The van der Waals surface area contributed by atoms with E-state index in [4.69, 9.17) is 21.1 Å². The van der Waals surface area contributed by atoms with Gasteiger partial charge in [-0.15, -0.1) is 0 Å². The monoisotopic (exact) mass is 426 g/mol. The molecule has 2 aromatic carbocycles. The van der Waals surface area contributed by atoms with Gasteiger partial charge >= 0.3 is 6.03 Å². The van der Waals surface area contributed by atoms with E-state index in [1.54, 1.807) is 36.4 Å². The van der Waals surface area contributed by atoms with Gasteiger partial charge in [0, 0.05) is 0 Å². The van der Waals surface area contributed by atoms with Gasteiger partial charge in [0.15, 0.2) is 11.5 Å². The molecule has 0 radical (unpaired) electrons. The number of carbonyl (C=O) groups excluding carboxylic acids is 3. The predicted molar refractivity (Wildman–Crippen MR) is 114 cm³/mol. The molecule has 1 saturated heterocycles. The van der Waals surface area contributed by atoms with Gasteiger partial charge in [0.05, 0.1) is 17.8 Å². The summed E-state index contributed by atoms with van der Waals surface area (Å²) in [5, 5.41) is 2.42. The summed E-state index contributed by atoms with van der Waals surface area (Å²) in [6.45, 7) is 5.70. The number of aryl methyl sites for hydroxylation is 1. The molecular weight excluding hydrogens is 408 g/mol. The highest BCUT2D eigenvalue weighted by Gasteiger charge is 2.36. The van der Waals surface area contributed by atoms with E-state index in [9.17, 15) is 14.4 Å². The van der Waals surface area contributed by atoms with Gasteiger partial charge in [-0.3, -0.25) is 14.9 Å². The molecule has 154 valence electrons. The second-order valence-electron chi connectivity index (χ2n) is 6.43. The van der Waals surface area contributed by atoms with Crippen LogP contribution in [-0.2, 0) is 9.59 Å². The fourth-order valence-corrected chi connectivity index (χ4v) is 3.13. The molecule has 1 aliphatic rings. The zero-order valence-corrected chi connectivity index (χ0v) is 17.2. The third-order valence-electron chi connectivity index (χ3n) is 4.30. The van der Waals surface area contributed by atoms with Crippen molar-refractivity contribution < 1.29 is 23.9 Å². The first-order valence-corrected chi connectivity index (χ1v) is 9.33. The maximum absolute atomic E-state index is 13.0. The molecule has 0 unspecified atom stereocenters. The van der Waals surface area contributed by atoms with Crippen molar-refractivity contribution in [2.75, 3.05) is 18.6 Å². The van der Waals surface area contributed by atoms with Crippen LogP contribution in [0.25, 0.3) is 6.08 Å². The Morgan fingerprint density at radius 1 is 1.17 bits per heavy atom. The quantitative estimate of drug-likeness (QED) is 0.430. The number of barbiturate groups is 1. The molecule has 0 aliphatic carbocycles. The standard InChI is InChI=1S/C22H19ClN2O5/c1-4-9-30-19-17(23)11-14(12-18(19)29-3)10-16-20(26)24-22(28)25(21(16)27)15-7-5-13(2)6-8-15/h4-8,10-12H,1,9H2,2-3H3,(H,24,26,28)/b16-10-. The SMILES string of the molecule is C=CCOc1c(Cl)cc(/C=C2/C(=O)NC(=O)N(c3ccc(C)cc3)C2=O)cc1OC. The van der Waals surface area contributed by atoms with E-state index < -0.39 is 17.8 Å². The third kappa shape index (κ3) is 4.21. The summed E-state index contributed by atoms with van der Waals surface area (Å²) >= 11 is 6.28. The first kappa shape index (κ1) is 21.1. The van der Waals surface area contributed by atoms with E-state index >= 15 is 0 Å². The number of methoxy groups -OCH3 is 1. The van der Waals surface area contributed by atoms with Crippen LogP contribution in [0.5, 0.6) is 11.5 Å². The summed E-state index contributed by atoms with van der Waals surface area (Å²) in [6, 6.07) is 9.09. The van der Waals surface area contributed by atoms with Crippen molar-refractivity contribution in [3.63, 3.8) is 0 Å². The second kappa shape index (κ2) is 8.84. The number of halogens is 1. The summed E-state index contributed by atoms with van der Waals surface area (Å²) in [6.07, 6.45) is 2.91. The van der Waals surface area contributed by atoms with Crippen LogP contribution in [0.2, 0.25) is 5.02 Å². The smallest absolute Gasteiger partial charge is 0.335 e. The summed E-state index contributed by atoms with van der Waals surface area (Å²) in [5.41, 5.74) is 1.54. The van der Waals surface area contributed by atoms with Crippen molar-refractivity contribution in [1.82, 2.24) is 5.32 Å². The lowest BCUT2D eigenvalue weighted by Gasteiger charge is -2.26. The maximum Gasteiger partial charge on any atom is 0.335 e. The van der Waals surface area contributed by atoms with Crippen molar-refractivity contribution in [3.8, 4) is 11.5 Å². The Bertz CT molecular complexity index is 1060. The number of hydrogen-bond acceptors (Lipinski definition) is 5. The Balaban J connectivity index is 2.01. The number of urea groups is 1. The van der Waals surface area contributed by atoms with Crippen LogP contribution in [0.15, 0.2) is 54.6 Å². The first-order chi connectivity index (χ1) is 14.3. The normalized spacial score (nSPS) is 15.2. The fourth-order valence-electron chi connectivity index (χ4n) is 2.86. The van der Waals surface area contributed by atoms with Crippen LogP contribution >= 0.6 is 11.6 Å². The molecule has 1 aliphatic heterocycles. The highest BCUT2D eigenvalue weighted by atomic mass is 35.5. The number of nitrogens with one attached hydrogen (secondary N) is 1. The van der Waals surface area contributed by atoms with Crippen LogP contribution < -0.4 is 19.7 Å². The molecular formula is C22H19ClN2O5. The van der Waals surface area contributed by atoms with Gasteiger partial charge < -0.3 is 9.47 Å². The van der Waals surface area contributed by atoms with Crippen LogP contribution in [0.4, 0.5) is 10.5 Å². The van der Waals surface area contributed by atoms with Gasteiger partial charge in [-0.1, -0.05) is 42.0 Å². The van der Waals surface area contributed by atoms with Crippen molar-refractivity contribution in [2.24, 2.45) is 0 Å². The molecule has 8 heteroatoms. The zero-order chi connectivity index (χ0) is 21.8. The zero-order valence-electron chi connectivity index (χ0n) is 16.4. The largest absolute Gasteiger partial charge is 0.493 e. The molecule has 0 aromatic heterocycles. The van der Waals surface area contributed by atoms with E-state index in [0.29, 0.717) is 22.7 Å². The number of hydrogen-bond donors (Lipinski definition) is 1. The third-order valence-corrected chi connectivity index (χ3v) is 4.58. The fraction of sp³-hybridized carbons (Fsp3) is 0.136. The lowest BCUT2D eigenvalue weighted by molar-refractivity contribution is -0.122. The number of benzene rings is 2. The topological polar surface area (TPSA) is 84.9 Å². The van der Waals surface area contributed by atoms with Crippen molar-refractivity contribution in [3.05, 3.63) is 70.8 Å². The van der Waals surface area contributed by atoms with Gasteiger partial charge in [-0.2, -0.15) is 0 Å². The molecule has 1 N–H and O–H groups in total. The maximum atomic E-state index is 13.0. The molecule has 1 fully saturated rings. The van der Waals surface area contributed by atoms with E-state index in [-0.39, 0.29) is 17.2 Å². The summed E-state index contributed by atoms with van der Waals surface area (Å²) in [4.78, 5) is 38.5. The minimum atomic E-state index is -0.810. The van der Waals surface area contributed by atoms with Crippen LogP contribution in [0.1, 0.15) is 11.1 Å². The molecule has 30 heavy (non-hydrogen) atoms. The average Bonchev–Trinajstić information content (AvgIpc) is 2.71. The Kier molecular flexibility index (Phi) is 6.23. The minimum absolute atomic E-state index is 0.215. The average molecular weight is 427 g/mol. The molecule has 2 aromatic rings. The Morgan fingerprint density at radius 2 is 1.87 bits per heavy atom. The molecule has 0 atom stereocenters. The lowest BCUT2D eigenvalue weighted by Crippen LogP contribution is -2.54. The molecule has 0 spiro atoms. The number of nitrogens with zero attached hydrogens (tertiary/aromatic N) is 1. The number of ether oxygens (including phenoxy) is 2. The number of anilines is 1. The number of carbonyl (C=O) groups is 3. The second-order valence-corrected chi connectivity index (χ2v) is 6.83. The van der Waals surface area contributed by atoms with Crippen LogP contribution in [0, 0.1) is 6.92 Å². The van der Waals surface area contributed by atoms with Gasteiger partial charge in [0.2, 0.25) is 0 Å². The number of rotatable bonds is 6. The number of amides is 4. The van der Waals surface area contributed by atoms with Gasteiger partial charge in [0.1, 0.15) is 12.2 Å². The Morgan fingerprint density at radius 3 is 2.50 bits per heavy atom. The van der Waals surface area contributed by atoms with E-state index in [2.05, 4.69) is 11.9 Å². The van der Waals surface area contributed by atoms with E-state index in [0.717, 1.165) is 10.5 Å². The summed E-state index contributed by atoms with van der Waals surface area (Å²) in [5.74, 6) is -0.895. The number of imide groups is 2. The lowest BCUT2D eigenvalue weighted by atomic mass is 10.1. The van der Waals surface area contributed by atoms with E-state index in [1.807, 2.05) is 6.92 Å². The minimum Gasteiger partial charge on any atom is -0.493 e. The molecule has 7 nitrogen and oxygen atoms in total. The Hall–Kier alpha value is -3.58. The highest BCUT2D eigenvalue weighted by Crippen LogP contribution is 2.37. The predicted octanol–water partition coefficient (Wildman–Crippen LogP) is 3.89. The van der Waals surface area contributed by atoms with Crippen molar-refractivity contribution in [2.45, 2.75) is 6.92 Å². The van der Waals surface area contributed by atoms with Gasteiger partial charge in [-0.25, -0.2) is 9.69 Å². The van der Waals surface area contributed by atoms with Gasteiger partial charge in [0.25, 0.3) is 11.8 Å². The molecule has 0 saturated carbocycles. The molecule has 1 heterocycles. The highest BCUT2D eigenvalue weighted by molar-refractivity contribution is 6.39. The van der Waals surface area contributed by atoms with Gasteiger partial charge in [-0.05, 0) is 42.8 Å². The first-order valence-electron chi connectivity index (χ1n) is 8.95. The van der Waals surface area contributed by atoms with E-state index in [1.165, 1.54) is 19.3 Å². The summed E-state index contributed by atoms with van der Waals surface area (Å²) in [7, 11) is 1.44.